The first-order valence-corrected chi connectivity index (χ1v) is 6.11. The smallest absolute Gasteiger partial charge is 0.271 e. The Bertz CT molecular complexity index is 793. The van der Waals surface area contributed by atoms with Gasteiger partial charge in [-0.3, -0.25) is 9.78 Å². The summed E-state index contributed by atoms with van der Waals surface area (Å²) in [6.07, 6.45) is 5.17. The van der Waals surface area contributed by atoms with Crippen LogP contribution >= 0.6 is 0 Å². The third-order valence-corrected chi connectivity index (χ3v) is 3.12. The fraction of sp³-hybridized carbons (Fsp3) is 0.0714. The van der Waals surface area contributed by atoms with Gasteiger partial charge in [-0.2, -0.15) is 5.10 Å². The zero-order chi connectivity index (χ0) is 14.1. The second-order valence-corrected chi connectivity index (χ2v) is 4.32. The van der Waals surface area contributed by atoms with Gasteiger partial charge in [0.25, 0.3) is 5.91 Å². The zero-order valence-corrected chi connectivity index (χ0v) is 10.9. The number of nitrogens with two attached hydrogens (primary N) is 1. The predicted molar refractivity (Wildman–Crippen MR) is 76.7 cm³/mol. The molecule has 0 saturated carbocycles. The molecule has 20 heavy (non-hydrogen) atoms. The Morgan fingerprint density at radius 1 is 1.25 bits per heavy atom. The van der Waals surface area contributed by atoms with Crippen molar-refractivity contribution in [3.05, 3.63) is 48.5 Å². The van der Waals surface area contributed by atoms with Crippen molar-refractivity contribution in [2.24, 2.45) is 0 Å². The second kappa shape index (κ2) is 4.65. The van der Waals surface area contributed by atoms with Gasteiger partial charge in [-0.05, 0) is 24.3 Å². The number of carbonyl (C=O) groups excluding carboxylic acids is 1. The molecule has 100 valence electrons. The fourth-order valence-electron chi connectivity index (χ4n) is 2.11. The van der Waals surface area contributed by atoms with E-state index in [1.807, 2.05) is 18.2 Å². The van der Waals surface area contributed by atoms with Gasteiger partial charge < -0.3 is 11.1 Å². The molecule has 0 spiro atoms. The molecule has 0 aliphatic rings. The molecule has 3 N–H and O–H groups in total. The SMILES string of the molecule is CNC(=O)c1ccn(-c2ccc(N)c3ccncc23)n1. The van der Waals surface area contributed by atoms with Gasteiger partial charge in [0, 0.05) is 42.1 Å². The number of hydrogen-bond donors (Lipinski definition) is 2. The van der Waals surface area contributed by atoms with E-state index in [4.69, 9.17) is 5.73 Å². The summed E-state index contributed by atoms with van der Waals surface area (Å²) >= 11 is 0. The van der Waals surface area contributed by atoms with Gasteiger partial charge in [0.1, 0.15) is 0 Å². The molecule has 0 bridgehead atoms. The monoisotopic (exact) mass is 267 g/mol. The van der Waals surface area contributed by atoms with Crippen molar-refractivity contribution in [1.29, 1.82) is 0 Å². The molecule has 0 atom stereocenters. The summed E-state index contributed by atoms with van der Waals surface area (Å²) < 4.78 is 1.65. The summed E-state index contributed by atoms with van der Waals surface area (Å²) in [6.45, 7) is 0. The molecule has 2 aromatic heterocycles. The summed E-state index contributed by atoms with van der Waals surface area (Å²) in [7, 11) is 1.57. The number of fused-ring (bicyclic) bond motifs is 1. The number of nitrogen functional groups attached to an aromatic ring is 1. The molecular formula is C14H13N5O. The second-order valence-electron chi connectivity index (χ2n) is 4.32. The Kier molecular flexibility index (Phi) is 2.83. The fourth-order valence-corrected chi connectivity index (χ4v) is 2.11. The normalized spacial score (nSPS) is 10.7. The number of rotatable bonds is 2. The largest absolute Gasteiger partial charge is 0.398 e. The molecule has 2 heterocycles. The number of anilines is 1. The van der Waals surface area contributed by atoms with Crippen molar-refractivity contribution < 1.29 is 4.79 Å². The highest BCUT2D eigenvalue weighted by Gasteiger charge is 2.10. The van der Waals surface area contributed by atoms with Crippen LogP contribution < -0.4 is 11.1 Å². The molecule has 0 fully saturated rings. The highest BCUT2D eigenvalue weighted by molar-refractivity contribution is 5.98. The lowest BCUT2D eigenvalue weighted by atomic mass is 10.1. The molecule has 0 aliphatic carbocycles. The molecule has 1 aromatic carbocycles. The number of benzene rings is 1. The standard InChI is InChI=1S/C14H13N5O/c1-16-14(20)12-5-7-19(18-12)13-3-2-11(15)9-4-6-17-8-10(9)13/h2-8H,15H2,1H3,(H,16,20). The highest BCUT2D eigenvalue weighted by atomic mass is 16.1. The minimum absolute atomic E-state index is 0.221. The number of amides is 1. The summed E-state index contributed by atoms with van der Waals surface area (Å²) in [5.41, 5.74) is 7.83. The van der Waals surface area contributed by atoms with Crippen LogP contribution in [0.5, 0.6) is 0 Å². The van der Waals surface area contributed by atoms with E-state index in [1.165, 1.54) is 0 Å². The van der Waals surface area contributed by atoms with E-state index in [1.54, 1.807) is 36.4 Å². The summed E-state index contributed by atoms with van der Waals surface area (Å²) in [6, 6.07) is 7.20. The van der Waals surface area contributed by atoms with Crippen LogP contribution in [0.1, 0.15) is 10.5 Å². The maximum absolute atomic E-state index is 11.6. The molecule has 0 radical (unpaired) electrons. The van der Waals surface area contributed by atoms with Crippen molar-refractivity contribution in [2.45, 2.75) is 0 Å². The predicted octanol–water partition coefficient (Wildman–Crippen LogP) is 1.36. The van der Waals surface area contributed by atoms with E-state index >= 15 is 0 Å². The molecular weight excluding hydrogens is 254 g/mol. The van der Waals surface area contributed by atoms with Crippen molar-refractivity contribution in [3.8, 4) is 5.69 Å². The van der Waals surface area contributed by atoms with Gasteiger partial charge >= 0.3 is 0 Å². The van der Waals surface area contributed by atoms with Gasteiger partial charge in [0.15, 0.2) is 5.69 Å². The van der Waals surface area contributed by atoms with Crippen LogP contribution in [-0.4, -0.2) is 27.7 Å². The average molecular weight is 267 g/mol. The number of pyridine rings is 1. The highest BCUT2D eigenvalue weighted by Crippen LogP contribution is 2.26. The molecule has 0 saturated heterocycles. The zero-order valence-electron chi connectivity index (χ0n) is 10.9. The van der Waals surface area contributed by atoms with E-state index in [9.17, 15) is 4.79 Å². The number of nitrogens with zero attached hydrogens (tertiary/aromatic N) is 3. The average Bonchev–Trinajstić information content (AvgIpc) is 2.97. The van der Waals surface area contributed by atoms with E-state index < -0.39 is 0 Å². The summed E-state index contributed by atoms with van der Waals surface area (Å²) in [5, 5.41) is 8.61. The van der Waals surface area contributed by atoms with Crippen LogP contribution in [0.2, 0.25) is 0 Å². The summed E-state index contributed by atoms with van der Waals surface area (Å²) in [4.78, 5) is 15.7. The molecule has 6 heteroatoms. The lowest BCUT2D eigenvalue weighted by Crippen LogP contribution is -2.18. The van der Waals surface area contributed by atoms with Crippen LogP contribution in [-0.2, 0) is 0 Å². The third kappa shape index (κ3) is 1.87. The number of nitrogens with one attached hydrogen (secondary N) is 1. The number of hydrogen-bond acceptors (Lipinski definition) is 4. The van der Waals surface area contributed by atoms with E-state index in [2.05, 4.69) is 15.4 Å². The molecule has 0 aliphatic heterocycles. The van der Waals surface area contributed by atoms with Crippen LogP contribution in [0.25, 0.3) is 16.5 Å². The van der Waals surface area contributed by atoms with Crippen molar-refractivity contribution in [3.63, 3.8) is 0 Å². The van der Waals surface area contributed by atoms with Crippen molar-refractivity contribution in [1.82, 2.24) is 20.1 Å². The maximum Gasteiger partial charge on any atom is 0.271 e. The van der Waals surface area contributed by atoms with Gasteiger partial charge in [-0.25, -0.2) is 4.68 Å². The molecule has 0 unspecified atom stereocenters. The third-order valence-electron chi connectivity index (χ3n) is 3.12. The van der Waals surface area contributed by atoms with Gasteiger partial charge in [0.2, 0.25) is 0 Å². The maximum atomic E-state index is 11.6. The van der Waals surface area contributed by atoms with E-state index in [0.717, 1.165) is 16.5 Å². The first-order valence-electron chi connectivity index (χ1n) is 6.11. The Hall–Kier alpha value is -2.89. The van der Waals surface area contributed by atoms with Crippen LogP contribution in [0.4, 0.5) is 5.69 Å². The lowest BCUT2D eigenvalue weighted by molar-refractivity contribution is 0.0957. The topological polar surface area (TPSA) is 85.8 Å². The molecule has 3 rings (SSSR count). The molecule has 6 nitrogen and oxygen atoms in total. The van der Waals surface area contributed by atoms with Gasteiger partial charge in [-0.15, -0.1) is 0 Å². The van der Waals surface area contributed by atoms with Gasteiger partial charge in [0.05, 0.1) is 5.69 Å². The first-order chi connectivity index (χ1) is 9.70. The first kappa shape index (κ1) is 12.2. The lowest BCUT2D eigenvalue weighted by Gasteiger charge is -2.08. The minimum atomic E-state index is -0.221. The Labute approximate surface area is 115 Å². The molecule has 3 aromatic rings. The Morgan fingerprint density at radius 3 is 2.90 bits per heavy atom. The molecule has 1 amide bonds. The van der Waals surface area contributed by atoms with Crippen molar-refractivity contribution >= 4 is 22.4 Å². The van der Waals surface area contributed by atoms with Crippen molar-refractivity contribution in [2.75, 3.05) is 12.8 Å². The Morgan fingerprint density at radius 2 is 2.10 bits per heavy atom. The number of carbonyl (C=O) groups is 1. The quantitative estimate of drug-likeness (QED) is 0.686. The van der Waals surface area contributed by atoms with E-state index in [0.29, 0.717) is 11.4 Å². The summed E-state index contributed by atoms with van der Waals surface area (Å²) in [5.74, 6) is -0.221. The van der Waals surface area contributed by atoms with Gasteiger partial charge in [-0.1, -0.05) is 0 Å². The van der Waals surface area contributed by atoms with Crippen LogP contribution in [0.3, 0.4) is 0 Å². The number of aromatic nitrogens is 3. The Balaban J connectivity index is 2.17. The van der Waals surface area contributed by atoms with E-state index in [-0.39, 0.29) is 5.91 Å². The van der Waals surface area contributed by atoms with Crippen LogP contribution in [0.15, 0.2) is 42.9 Å². The minimum Gasteiger partial charge on any atom is -0.398 e. The van der Waals surface area contributed by atoms with Crippen LogP contribution in [0, 0.1) is 0 Å².